The van der Waals surface area contributed by atoms with Crippen LogP contribution < -0.4 is 24.8 Å². The van der Waals surface area contributed by atoms with E-state index in [0.717, 1.165) is 0 Å². The molecule has 23 heavy (non-hydrogen) atoms. The molecule has 8 nitrogen and oxygen atoms in total. The maximum absolute atomic E-state index is 12.0. The van der Waals surface area contributed by atoms with Crippen LogP contribution in [0.1, 0.15) is 0 Å². The largest absolute Gasteiger partial charge is 0.493 e. The number of carbonyl (C=O) groups excluding carboxylic acids is 1. The van der Waals surface area contributed by atoms with Crippen molar-refractivity contribution in [3.8, 4) is 17.2 Å². The first-order chi connectivity index (χ1) is 11.1. The fraction of sp³-hybridized carbons (Fsp3) is 0.214. The summed E-state index contributed by atoms with van der Waals surface area (Å²) in [6.45, 7) is 0. The van der Waals surface area contributed by atoms with E-state index in [1.165, 1.54) is 33.5 Å². The second-order valence-corrected chi connectivity index (χ2v) is 4.62. The lowest BCUT2D eigenvalue weighted by Gasteiger charge is -2.14. The number of benzene rings is 1. The van der Waals surface area contributed by atoms with Crippen LogP contribution in [-0.2, 0) is 0 Å². The molecule has 0 bridgehead atoms. The highest BCUT2D eigenvalue weighted by Crippen LogP contribution is 2.39. The second-order valence-electron chi connectivity index (χ2n) is 4.23. The van der Waals surface area contributed by atoms with E-state index in [-0.39, 0.29) is 11.0 Å². The number of amides is 2. The number of hydrogen-bond acceptors (Lipinski definition) is 6. The quantitative estimate of drug-likeness (QED) is 0.870. The molecule has 0 atom stereocenters. The highest BCUT2D eigenvalue weighted by Gasteiger charge is 2.14. The highest BCUT2D eigenvalue weighted by molar-refractivity contribution is 6.29. The van der Waals surface area contributed by atoms with E-state index in [0.29, 0.717) is 22.9 Å². The van der Waals surface area contributed by atoms with Crippen LogP contribution in [0.5, 0.6) is 17.2 Å². The van der Waals surface area contributed by atoms with Crippen molar-refractivity contribution in [2.45, 2.75) is 0 Å². The van der Waals surface area contributed by atoms with Crippen molar-refractivity contribution < 1.29 is 19.0 Å². The zero-order valence-corrected chi connectivity index (χ0v) is 13.5. The topological polar surface area (TPSA) is 94.6 Å². The zero-order chi connectivity index (χ0) is 16.8. The molecule has 2 aromatic rings. The van der Waals surface area contributed by atoms with E-state index < -0.39 is 6.03 Å². The van der Waals surface area contributed by atoms with Gasteiger partial charge < -0.3 is 19.5 Å². The Morgan fingerprint density at radius 1 is 1.00 bits per heavy atom. The summed E-state index contributed by atoms with van der Waals surface area (Å²) < 4.78 is 15.7. The average molecular weight is 339 g/mol. The van der Waals surface area contributed by atoms with E-state index in [4.69, 9.17) is 25.8 Å². The van der Waals surface area contributed by atoms with Crippen LogP contribution in [0.15, 0.2) is 24.3 Å². The lowest BCUT2D eigenvalue weighted by Crippen LogP contribution is -2.20. The Morgan fingerprint density at radius 3 is 2.13 bits per heavy atom. The van der Waals surface area contributed by atoms with Crippen LogP contribution in [0.3, 0.4) is 0 Å². The summed E-state index contributed by atoms with van der Waals surface area (Å²) in [5.74, 6) is 1.55. The van der Waals surface area contributed by atoms with Gasteiger partial charge in [0.2, 0.25) is 5.75 Å². The van der Waals surface area contributed by atoms with Crippen molar-refractivity contribution in [1.29, 1.82) is 0 Å². The smallest absolute Gasteiger partial charge is 0.324 e. The fourth-order valence-corrected chi connectivity index (χ4v) is 1.92. The van der Waals surface area contributed by atoms with E-state index in [9.17, 15) is 4.79 Å². The first-order valence-electron chi connectivity index (χ1n) is 6.44. The maximum atomic E-state index is 12.0. The van der Waals surface area contributed by atoms with Gasteiger partial charge in [0.15, 0.2) is 22.5 Å². The lowest BCUT2D eigenvalue weighted by atomic mass is 10.2. The summed E-state index contributed by atoms with van der Waals surface area (Å²) in [5, 5.41) is 12.8. The Bertz CT molecular complexity index is 669. The van der Waals surface area contributed by atoms with E-state index >= 15 is 0 Å². The first-order valence-corrected chi connectivity index (χ1v) is 6.82. The molecule has 1 aromatic heterocycles. The first kappa shape index (κ1) is 16.6. The summed E-state index contributed by atoms with van der Waals surface area (Å²) in [7, 11) is 4.48. The van der Waals surface area contributed by atoms with Gasteiger partial charge in [0.25, 0.3) is 0 Å². The summed E-state index contributed by atoms with van der Waals surface area (Å²) >= 11 is 5.63. The normalized spacial score (nSPS) is 9.91. The van der Waals surface area contributed by atoms with Gasteiger partial charge in [0.05, 0.1) is 27.0 Å². The predicted molar refractivity (Wildman–Crippen MR) is 85.8 cm³/mol. The molecule has 2 N–H and O–H groups in total. The molecular formula is C14H15ClN4O4. The molecular weight excluding hydrogens is 324 g/mol. The molecule has 2 amide bonds. The third-order valence-electron chi connectivity index (χ3n) is 2.80. The third-order valence-corrected chi connectivity index (χ3v) is 3.00. The Morgan fingerprint density at radius 2 is 1.65 bits per heavy atom. The molecule has 0 saturated heterocycles. The number of nitrogens with one attached hydrogen (secondary N) is 2. The van der Waals surface area contributed by atoms with Crippen LogP contribution in [-0.4, -0.2) is 37.6 Å². The van der Waals surface area contributed by atoms with Crippen molar-refractivity contribution in [2.24, 2.45) is 0 Å². The maximum Gasteiger partial charge on any atom is 0.324 e. The SMILES string of the molecule is COc1cc(NC(=O)Nc2ccc(Cl)nn2)cc(OC)c1OC. The van der Waals surface area contributed by atoms with Gasteiger partial charge in [-0.2, -0.15) is 0 Å². The van der Waals surface area contributed by atoms with Crippen molar-refractivity contribution in [1.82, 2.24) is 10.2 Å². The molecule has 9 heteroatoms. The molecule has 2 rings (SSSR count). The molecule has 0 fully saturated rings. The molecule has 0 aliphatic carbocycles. The summed E-state index contributed by atoms with van der Waals surface area (Å²) in [6.07, 6.45) is 0. The number of nitrogens with zero attached hydrogens (tertiary/aromatic N) is 2. The van der Waals surface area contributed by atoms with Gasteiger partial charge in [0, 0.05) is 12.1 Å². The minimum atomic E-state index is -0.504. The number of aromatic nitrogens is 2. The van der Waals surface area contributed by atoms with E-state index in [1.807, 2.05) is 0 Å². The molecule has 1 aromatic carbocycles. The van der Waals surface area contributed by atoms with Gasteiger partial charge in [-0.3, -0.25) is 5.32 Å². The summed E-state index contributed by atoms with van der Waals surface area (Å²) in [4.78, 5) is 12.0. The number of urea groups is 1. The number of anilines is 2. The van der Waals surface area contributed by atoms with Crippen LogP contribution in [0.4, 0.5) is 16.3 Å². The van der Waals surface area contributed by atoms with Crippen molar-refractivity contribution in [2.75, 3.05) is 32.0 Å². The lowest BCUT2D eigenvalue weighted by molar-refractivity contribution is 0.262. The predicted octanol–water partition coefficient (Wildman–Crippen LogP) is 2.80. The molecule has 0 saturated carbocycles. The number of halogens is 1. The molecule has 122 valence electrons. The Labute approximate surface area is 137 Å². The minimum absolute atomic E-state index is 0.237. The Kier molecular flexibility index (Phi) is 5.42. The van der Waals surface area contributed by atoms with Gasteiger partial charge in [-0.1, -0.05) is 11.6 Å². The number of carbonyl (C=O) groups is 1. The Balaban J connectivity index is 2.15. The van der Waals surface area contributed by atoms with Crippen LogP contribution in [0.25, 0.3) is 0 Å². The summed E-state index contributed by atoms with van der Waals surface area (Å²) in [5.41, 5.74) is 0.457. The Hall–Kier alpha value is -2.74. The van der Waals surface area contributed by atoms with Gasteiger partial charge in [0.1, 0.15) is 0 Å². The molecule has 0 aliphatic rings. The van der Waals surface area contributed by atoms with Gasteiger partial charge >= 0.3 is 6.03 Å². The molecule has 0 aliphatic heterocycles. The van der Waals surface area contributed by atoms with Crippen LogP contribution in [0.2, 0.25) is 5.15 Å². The highest BCUT2D eigenvalue weighted by atomic mass is 35.5. The molecule has 0 spiro atoms. The molecule has 1 heterocycles. The summed E-state index contributed by atoms with van der Waals surface area (Å²) in [6, 6.07) is 5.76. The average Bonchev–Trinajstić information content (AvgIpc) is 2.55. The van der Waals surface area contributed by atoms with Crippen molar-refractivity contribution >= 4 is 29.1 Å². The number of methoxy groups -OCH3 is 3. The zero-order valence-electron chi connectivity index (χ0n) is 12.7. The minimum Gasteiger partial charge on any atom is -0.493 e. The number of ether oxygens (including phenoxy) is 3. The molecule has 0 unspecified atom stereocenters. The fourth-order valence-electron chi connectivity index (χ4n) is 1.81. The standard InChI is InChI=1S/C14H15ClN4O4/c1-21-9-6-8(7-10(22-2)13(9)23-3)16-14(20)17-12-5-4-11(15)18-19-12/h4-7H,1-3H3,(H2,16,17,19,20). The van der Waals surface area contributed by atoms with E-state index in [1.54, 1.807) is 12.1 Å². The third kappa shape index (κ3) is 4.13. The number of rotatable bonds is 5. The van der Waals surface area contributed by atoms with Crippen LogP contribution in [0, 0.1) is 0 Å². The van der Waals surface area contributed by atoms with Crippen molar-refractivity contribution in [3.63, 3.8) is 0 Å². The second kappa shape index (κ2) is 7.50. The van der Waals surface area contributed by atoms with Crippen LogP contribution >= 0.6 is 11.6 Å². The molecule has 0 radical (unpaired) electrons. The van der Waals surface area contributed by atoms with Gasteiger partial charge in [-0.05, 0) is 12.1 Å². The number of hydrogen-bond donors (Lipinski definition) is 2. The monoisotopic (exact) mass is 338 g/mol. The van der Waals surface area contributed by atoms with Gasteiger partial charge in [-0.15, -0.1) is 10.2 Å². The van der Waals surface area contributed by atoms with Gasteiger partial charge in [-0.25, -0.2) is 4.79 Å². The van der Waals surface area contributed by atoms with E-state index in [2.05, 4.69) is 20.8 Å². The van der Waals surface area contributed by atoms with Crippen molar-refractivity contribution in [3.05, 3.63) is 29.4 Å².